The Morgan fingerprint density at radius 1 is 1.59 bits per heavy atom. The summed E-state index contributed by atoms with van der Waals surface area (Å²) in [6, 6.07) is 3.75. The molecule has 0 radical (unpaired) electrons. The van der Waals surface area contributed by atoms with E-state index in [9.17, 15) is 9.59 Å². The van der Waals surface area contributed by atoms with E-state index < -0.39 is 0 Å². The number of aromatic nitrogens is 1. The predicted molar refractivity (Wildman–Crippen MR) is 61.8 cm³/mol. The molecule has 1 aliphatic rings. The number of carbonyl (C=O) groups excluding carboxylic acids is 2. The maximum Gasteiger partial charge on any atom is 0.225 e. The SMILES string of the molecule is O=C1CCC(C(=O)NCc2cccnc2)CN1. The third-order valence-electron chi connectivity index (χ3n) is 2.83. The Morgan fingerprint density at radius 3 is 3.12 bits per heavy atom. The van der Waals surface area contributed by atoms with E-state index in [1.54, 1.807) is 12.4 Å². The summed E-state index contributed by atoms with van der Waals surface area (Å²) >= 11 is 0. The van der Waals surface area contributed by atoms with Crippen molar-refractivity contribution >= 4 is 11.8 Å². The second-order valence-corrected chi connectivity index (χ2v) is 4.12. The highest BCUT2D eigenvalue weighted by molar-refractivity contribution is 5.83. The van der Waals surface area contributed by atoms with E-state index in [1.165, 1.54) is 0 Å². The molecule has 1 aromatic heterocycles. The lowest BCUT2D eigenvalue weighted by molar-refractivity contribution is -0.129. The Balaban J connectivity index is 1.80. The fourth-order valence-electron chi connectivity index (χ4n) is 1.79. The minimum absolute atomic E-state index is 0.00569. The number of pyridine rings is 1. The summed E-state index contributed by atoms with van der Waals surface area (Å²) < 4.78 is 0. The number of hydrogen-bond donors (Lipinski definition) is 2. The Morgan fingerprint density at radius 2 is 2.47 bits per heavy atom. The monoisotopic (exact) mass is 233 g/mol. The van der Waals surface area contributed by atoms with Crippen LogP contribution in [0.1, 0.15) is 18.4 Å². The molecule has 0 saturated carbocycles. The molecule has 0 aliphatic carbocycles. The van der Waals surface area contributed by atoms with Crippen LogP contribution >= 0.6 is 0 Å². The maximum absolute atomic E-state index is 11.8. The number of nitrogens with zero attached hydrogens (tertiary/aromatic N) is 1. The Labute approximate surface area is 99.6 Å². The first-order valence-corrected chi connectivity index (χ1v) is 5.69. The van der Waals surface area contributed by atoms with Gasteiger partial charge in [0.15, 0.2) is 0 Å². The second kappa shape index (κ2) is 5.43. The molecule has 1 aliphatic heterocycles. The van der Waals surface area contributed by atoms with Crippen LogP contribution in [0.25, 0.3) is 0 Å². The summed E-state index contributed by atoms with van der Waals surface area (Å²) in [5.74, 6) is -0.0838. The van der Waals surface area contributed by atoms with E-state index in [4.69, 9.17) is 0 Å². The van der Waals surface area contributed by atoms with E-state index in [1.807, 2.05) is 12.1 Å². The van der Waals surface area contributed by atoms with Gasteiger partial charge in [-0.3, -0.25) is 14.6 Å². The fraction of sp³-hybridized carbons (Fsp3) is 0.417. The van der Waals surface area contributed by atoms with Gasteiger partial charge in [0.1, 0.15) is 0 Å². The number of carbonyl (C=O) groups is 2. The Kier molecular flexibility index (Phi) is 3.69. The first-order chi connectivity index (χ1) is 8.25. The van der Waals surface area contributed by atoms with Gasteiger partial charge in [0.2, 0.25) is 11.8 Å². The minimum Gasteiger partial charge on any atom is -0.355 e. The van der Waals surface area contributed by atoms with Crippen LogP contribution in [0.5, 0.6) is 0 Å². The molecule has 90 valence electrons. The first kappa shape index (κ1) is 11.6. The van der Waals surface area contributed by atoms with Crippen molar-refractivity contribution in [3.05, 3.63) is 30.1 Å². The third kappa shape index (κ3) is 3.27. The van der Waals surface area contributed by atoms with Gasteiger partial charge in [-0.2, -0.15) is 0 Å². The van der Waals surface area contributed by atoms with Gasteiger partial charge in [0, 0.05) is 31.9 Å². The van der Waals surface area contributed by atoms with Crippen LogP contribution in [-0.2, 0) is 16.1 Å². The Bertz CT molecular complexity index is 395. The van der Waals surface area contributed by atoms with Crippen LogP contribution in [-0.4, -0.2) is 23.3 Å². The largest absolute Gasteiger partial charge is 0.355 e. The molecule has 0 spiro atoms. The van der Waals surface area contributed by atoms with Crippen molar-refractivity contribution < 1.29 is 9.59 Å². The number of rotatable bonds is 3. The van der Waals surface area contributed by atoms with E-state index >= 15 is 0 Å². The molecule has 5 heteroatoms. The zero-order valence-electron chi connectivity index (χ0n) is 9.48. The standard InChI is InChI=1S/C12H15N3O2/c16-11-4-3-10(8-14-11)12(17)15-7-9-2-1-5-13-6-9/h1-2,5-6,10H,3-4,7-8H2,(H,14,16)(H,15,17). The first-order valence-electron chi connectivity index (χ1n) is 5.69. The fourth-order valence-corrected chi connectivity index (χ4v) is 1.79. The molecule has 2 N–H and O–H groups in total. The summed E-state index contributed by atoms with van der Waals surface area (Å²) in [6.07, 6.45) is 4.49. The van der Waals surface area contributed by atoms with Gasteiger partial charge in [0.25, 0.3) is 0 Å². The smallest absolute Gasteiger partial charge is 0.225 e. The number of piperidine rings is 1. The van der Waals surface area contributed by atoms with Crippen molar-refractivity contribution in [3.63, 3.8) is 0 Å². The average Bonchev–Trinajstić information content (AvgIpc) is 2.38. The van der Waals surface area contributed by atoms with Crippen LogP contribution in [0.2, 0.25) is 0 Å². The number of nitrogens with one attached hydrogen (secondary N) is 2. The minimum atomic E-state index is -0.107. The zero-order valence-corrected chi connectivity index (χ0v) is 9.48. The van der Waals surface area contributed by atoms with Crippen LogP contribution in [0, 0.1) is 5.92 Å². The van der Waals surface area contributed by atoms with Crippen molar-refractivity contribution in [2.45, 2.75) is 19.4 Å². The summed E-state index contributed by atoms with van der Waals surface area (Å²) in [5.41, 5.74) is 0.973. The quantitative estimate of drug-likeness (QED) is 0.784. The van der Waals surface area contributed by atoms with Crippen LogP contribution < -0.4 is 10.6 Å². The van der Waals surface area contributed by atoms with E-state index in [0.29, 0.717) is 25.9 Å². The molecule has 2 heterocycles. The lowest BCUT2D eigenvalue weighted by Gasteiger charge is -2.21. The van der Waals surface area contributed by atoms with Crippen molar-refractivity contribution in [2.24, 2.45) is 5.92 Å². The van der Waals surface area contributed by atoms with Crippen molar-refractivity contribution in [3.8, 4) is 0 Å². The number of hydrogen-bond acceptors (Lipinski definition) is 3. The molecule has 0 bridgehead atoms. The van der Waals surface area contributed by atoms with E-state index in [-0.39, 0.29) is 17.7 Å². The van der Waals surface area contributed by atoms with Crippen LogP contribution in [0.3, 0.4) is 0 Å². The summed E-state index contributed by atoms with van der Waals surface area (Å²) in [6.45, 7) is 0.925. The van der Waals surface area contributed by atoms with Crippen LogP contribution in [0.4, 0.5) is 0 Å². The highest BCUT2D eigenvalue weighted by atomic mass is 16.2. The molecule has 0 aromatic carbocycles. The molecule has 17 heavy (non-hydrogen) atoms. The normalized spacial score (nSPS) is 19.5. The van der Waals surface area contributed by atoms with Gasteiger partial charge in [-0.15, -0.1) is 0 Å². The molecule has 2 rings (SSSR count). The third-order valence-corrected chi connectivity index (χ3v) is 2.83. The lowest BCUT2D eigenvalue weighted by Crippen LogP contribution is -2.42. The predicted octanol–water partition coefficient (Wildman–Crippen LogP) is 0.224. The Hall–Kier alpha value is -1.91. The molecule has 1 atom stereocenters. The molecule has 5 nitrogen and oxygen atoms in total. The molecular weight excluding hydrogens is 218 g/mol. The topological polar surface area (TPSA) is 71.1 Å². The van der Waals surface area contributed by atoms with Crippen LogP contribution in [0.15, 0.2) is 24.5 Å². The van der Waals surface area contributed by atoms with Crippen molar-refractivity contribution in [2.75, 3.05) is 6.54 Å². The van der Waals surface area contributed by atoms with Crippen molar-refractivity contribution in [1.82, 2.24) is 15.6 Å². The van der Waals surface area contributed by atoms with Gasteiger partial charge in [-0.1, -0.05) is 6.07 Å². The number of amides is 2. The van der Waals surface area contributed by atoms with Gasteiger partial charge < -0.3 is 10.6 Å². The molecular formula is C12H15N3O2. The zero-order chi connectivity index (χ0) is 12.1. The highest BCUT2D eigenvalue weighted by Gasteiger charge is 2.23. The molecule has 1 unspecified atom stereocenters. The second-order valence-electron chi connectivity index (χ2n) is 4.12. The molecule has 2 amide bonds. The summed E-state index contributed by atoms with van der Waals surface area (Å²) in [5, 5.41) is 5.55. The average molecular weight is 233 g/mol. The molecule has 1 fully saturated rings. The lowest BCUT2D eigenvalue weighted by atomic mass is 9.98. The van der Waals surface area contributed by atoms with Gasteiger partial charge >= 0.3 is 0 Å². The van der Waals surface area contributed by atoms with Gasteiger partial charge in [-0.05, 0) is 18.1 Å². The summed E-state index contributed by atoms with van der Waals surface area (Å²) in [7, 11) is 0. The van der Waals surface area contributed by atoms with E-state index in [0.717, 1.165) is 5.56 Å². The van der Waals surface area contributed by atoms with Gasteiger partial charge in [0.05, 0.1) is 5.92 Å². The van der Waals surface area contributed by atoms with Crippen molar-refractivity contribution in [1.29, 1.82) is 0 Å². The summed E-state index contributed by atoms with van der Waals surface area (Å²) in [4.78, 5) is 26.7. The van der Waals surface area contributed by atoms with Gasteiger partial charge in [-0.25, -0.2) is 0 Å². The highest BCUT2D eigenvalue weighted by Crippen LogP contribution is 2.10. The molecule has 1 aromatic rings. The van der Waals surface area contributed by atoms with E-state index in [2.05, 4.69) is 15.6 Å². The maximum atomic E-state index is 11.8. The molecule has 1 saturated heterocycles.